The average Bonchev–Trinajstić information content (AvgIpc) is 2.79. The molecule has 0 unspecified atom stereocenters. The predicted octanol–water partition coefficient (Wildman–Crippen LogP) is 2.61. The van der Waals surface area contributed by atoms with Gasteiger partial charge in [-0.15, -0.1) is 0 Å². The van der Waals surface area contributed by atoms with Crippen molar-refractivity contribution >= 4 is 27.6 Å². The van der Waals surface area contributed by atoms with Crippen molar-refractivity contribution in [1.29, 1.82) is 0 Å². The molecule has 0 bridgehead atoms. The largest absolute Gasteiger partial charge is 0.332 e. The van der Waals surface area contributed by atoms with Gasteiger partial charge in [-0.3, -0.25) is 0 Å². The number of benzene rings is 2. The number of nitrogens with one attached hydrogen (secondary N) is 1. The third kappa shape index (κ3) is 1.33. The quantitative estimate of drug-likeness (QED) is 0.534. The van der Waals surface area contributed by atoms with E-state index in [9.17, 15) is 13.6 Å². The summed E-state index contributed by atoms with van der Waals surface area (Å²) in [7, 11) is 0. The van der Waals surface area contributed by atoms with Crippen LogP contribution in [0.2, 0.25) is 0 Å². The fourth-order valence-electron chi connectivity index (χ4n) is 2.42. The van der Waals surface area contributed by atoms with Gasteiger partial charge >= 0.3 is 5.69 Å². The molecule has 4 aromatic rings. The Labute approximate surface area is 110 Å². The molecule has 0 aliphatic heterocycles. The molecule has 4 rings (SSSR count). The van der Waals surface area contributed by atoms with Gasteiger partial charge in [0, 0.05) is 17.5 Å². The van der Waals surface area contributed by atoms with Gasteiger partial charge in [-0.25, -0.2) is 23.0 Å². The minimum Gasteiger partial charge on any atom is -0.306 e. The van der Waals surface area contributed by atoms with Crippen molar-refractivity contribution in [3.63, 3.8) is 0 Å². The molecule has 2 aromatic carbocycles. The molecule has 98 valence electrons. The van der Waals surface area contributed by atoms with Crippen LogP contribution in [0.3, 0.4) is 0 Å². The van der Waals surface area contributed by atoms with Crippen LogP contribution < -0.4 is 5.69 Å². The number of hydrogen-bond donors (Lipinski definition) is 1. The lowest BCUT2D eigenvalue weighted by Crippen LogP contribution is -2.16. The van der Waals surface area contributed by atoms with Crippen LogP contribution in [0.1, 0.15) is 0 Å². The minimum absolute atomic E-state index is 0.241. The van der Waals surface area contributed by atoms with Gasteiger partial charge in [0.15, 0.2) is 17.3 Å². The number of halogens is 2. The summed E-state index contributed by atoms with van der Waals surface area (Å²) in [6.45, 7) is 0. The molecule has 0 spiro atoms. The molecule has 20 heavy (non-hydrogen) atoms. The summed E-state index contributed by atoms with van der Waals surface area (Å²) in [6.07, 6.45) is 0. The van der Waals surface area contributed by atoms with Crippen LogP contribution >= 0.6 is 0 Å². The lowest BCUT2D eigenvalue weighted by atomic mass is 10.2. The number of imidazole rings is 1. The number of hydrogen-bond acceptors (Lipinski definition) is 2. The monoisotopic (exact) mass is 271 g/mol. The highest BCUT2D eigenvalue weighted by Crippen LogP contribution is 2.22. The van der Waals surface area contributed by atoms with Crippen LogP contribution in [-0.2, 0) is 0 Å². The van der Waals surface area contributed by atoms with Crippen LogP contribution in [-0.4, -0.2) is 14.4 Å². The third-order valence-corrected chi connectivity index (χ3v) is 3.31. The van der Waals surface area contributed by atoms with Crippen molar-refractivity contribution in [3.05, 3.63) is 58.5 Å². The van der Waals surface area contributed by atoms with E-state index in [0.29, 0.717) is 16.6 Å². The summed E-state index contributed by atoms with van der Waals surface area (Å²) in [6, 6.07) is 9.11. The molecule has 6 heteroatoms. The second-order valence-electron chi connectivity index (χ2n) is 4.50. The summed E-state index contributed by atoms with van der Waals surface area (Å²) < 4.78 is 27.9. The Bertz CT molecular complexity index is 1050. The minimum atomic E-state index is -1.01. The van der Waals surface area contributed by atoms with Gasteiger partial charge in [-0.1, -0.05) is 12.1 Å². The number of rotatable bonds is 0. The van der Waals surface area contributed by atoms with Crippen LogP contribution in [0.25, 0.3) is 27.6 Å². The predicted molar refractivity (Wildman–Crippen MR) is 70.7 cm³/mol. The molecule has 0 aliphatic carbocycles. The number of H-pyrrole nitrogens is 1. The standard InChI is InChI=1S/C14H7F2N3O/c15-8-5-11-12(6-9(8)16)19-13(17-11)7-3-1-2-4-10(7)18-14(19)20/h1-6H,(H,18,20). The molecule has 0 amide bonds. The van der Waals surface area contributed by atoms with E-state index in [2.05, 4.69) is 9.97 Å². The van der Waals surface area contributed by atoms with Crippen LogP contribution in [0.15, 0.2) is 41.2 Å². The second-order valence-corrected chi connectivity index (χ2v) is 4.50. The first-order chi connectivity index (χ1) is 9.65. The lowest BCUT2D eigenvalue weighted by Gasteiger charge is -2.00. The van der Waals surface area contributed by atoms with Crippen LogP contribution in [0.5, 0.6) is 0 Å². The first kappa shape index (κ1) is 11.1. The lowest BCUT2D eigenvalue weighted by molar-refractivity contribution is 0.510. The molecule has 4 nitrogen and oxygen atoms in total. The Morgan fingerprint density at radius 2 is 1.85 bits per heavy atom. The SMILES string of the molecule is O=c1[nH]c2ccccc2c2nc3cc(F)c(F)cc3n12. The van der Waals surface area contributed by atoms with E-state index in [0.717, 1.165) is 12.1 Å². The van der Waals surface area contributed by atoms with E-state index >= 15 is 0 Å². The Morgan fingerprint density at radius 1 is 1.10 bits per heavy atom. The molecule has 0 fully saturated rings. The highest BCUT2D eigenvalue weighted by Gasteiger charge is 2.14. The highest BCUT2D eigenvalue weighted by molar-refractivity contribution is 5.95. The number of aromatic nitrogens is 3. The molecule has 0 saturated carbocycles. The van der Waals surface area contributed by atoms with Crippen molar-refractivity contribution in [2.75, 3.05) is 0 Å². The van der Waals surface area contributed by atoms with Gasteiger partial charge in [-0.2, -0.15) is 0 Å². The van der Waals surface area contributed by atoms with Crippen molar-refractivity contribution in [2.45, 2.75) is 0 Å². The molecular weight excluding hydrogens is 264 g/mol. The molecule has 0 aliphatic rings. The van der Waals surface area contributed by atoms with E-state index in [1.165, 1.54) is 4.40 Å². The zero-order valence-electron chi connectivity index (χ0n) is 10.0. The van der Waals surface area contributed by atoms with E-state index in [1.807, 2.05) is 0 Å². The second kappa shape index (κ2) is 3.63. The Hall–Kier alpha value is -2.76. The van der Waals surface area contributed by atoms with Crippen molar-refractivity contribution < 1.29 is 8.78 Å². The van der Waals surface area contributed by atoms with Crippen LogP contribution in [0.4, 0.5) is 8.78 Å². The first-order valence-electron chi connectivity index (χ1n) is 5.93. The van der Waals surface area contributed by atoms with Crippen LogP contribution in [0, 0.1) is 11.6 Å². The number of fused-ring (bicyclic) bond motifs is 5. The highest BCUT2D eigenvalue weighted by atomic mass is 19.2. The van der Waals surface area contributed by atoms with E-state index in [4.69, 9.17) is 0 Å². The summed E-state index contributed by atoms with van der Waals surface area (Å²) >= 11 is 0. The molecular formula is C14H7F2N3O. The molecule has 2 heterocycles. The summed E-state index contributed by atoms with van der Waals surface area (Å²) in [4.78, 5) is 19.1. The van der Waals surface area contributed by atoms with Gasteiger partial charge in [0.05, 0.1) is 16.6 Å². The first-order valence-corrected chi connectivity index (χ1v) is 5.93. The normalized spacial score (nSPS) is 11.7. The Morgan fingerprint density at radius 3 is 2.70 bits per heavy atom. The number of para-hydroxylation sites is 1. The summed E-state index contributed by atoms with van der Waals surface area (Å²) in [5.41, 5.74) is 1.05. The average molecular weight is 271 g/mol. The van der Waals surface area contributed by atoms with Gasteiger partial charge < -0.3 is 4.98 Å². The third-order valence-electron chi connectivity index (χ3n) is 3.31. The maximum Gasteiger partial charge on any atom is 0.332 e. The van der Waals surface area contributed by atoms with E-state index in [-0.39, 0.29) is 11.0 Å². The maximum absolute atomic E-state index is 13.4. The Kier molecular flexibility index (Phi) is 2.01. The molecule has 2 aromatic heterocycles. The Balaban J connectivity index is 2.35. The summed E-state index contributed by atoms with van der Waals surface area (Å²) in [5, 5.41) is 0.712. The smallest absolute Gasteiger partial charge is 0.306 e. The molecule has 1 N–H and O–H groups in total. The van der Waals surface area contributed by atoms with Gasteiger partial charge in [0.2, 0.25) is 0 Å². The molecule has 0 atom stereocenters. The fourth-order valence-corrected chi connectivity index (χ4v) is 2.42. The number of aromatic amines is 1. The topological polar surface area (TPSA) is 50.2 Å². The summed E-state index contributed by atoms with van der Waals surface area (Å²) in [5.74, 6) is -1.99. The van der Waals surface area contributed by atoms with E-state index < -0.39 is 17.3 Å². The van der Waals surface area contributed by atoms with Crippen molar-refractivity contribution in [3.8, 4) is 0 Å². The zero-order valence-corrected chi connectivity index (χ0v) is 10.0. The number of nitrogens with zero attached hydrogens (tertiary/aromatic N) is 2. The fraction of sp³-hybridized carbons (Fsp3) is 0. The van der Waals surface area contributed by atoms with Gasteiger partial charge in [-0.05, 0) is 12.1 Å². The van der Waals surface area contributed by atoms with Crippen molar-refractivity contribution in [2.24, 2.45) is 0 Å². The van der Waals surface area contributed by atoms with Crippen molar-refractivity contribution in [1.82, 2.24) is 14.4 Å². The molecule has 0 saturated heterocycles. The van der Waals surface area contributed by atoms with Gasteiger partial charge in [0.25, 0.3) is 0 Å². The molecule has 0 radical (unpaired) electrons. The zero-order chi connectivity index (χ0) is 13.9. The maximum atomic E-state index is 13.4. The van der Waals surface area contributed by atoms with E-state index in [1.54, 1.807) is 24.3 Å². The van der Waals surface area contributed by atoms with Gasteiger partial charge in [0.1, 0.15) is 0 Å².